The van der Waals surface area contributed by atoms with Crippen molar-refractivity contribution in [2.75, 3.05) is 25.0 Å². The summed E-state index contributed by atoms with van der Waals surface area (Å²) >= 11 is 0. The van der Waals surface area contributed by atoms with Crippen molar-refractivity contribution in [2.24, 2.45) is 0 Å². The van der Waals surface area contributed by atoms with Gasteiger partial charge in [-0.1, -0.05) is 11.6 Å². The quantitative estimate of drug-likeness (QED) is 0.922. The lowest BCUT2D eigenvalue weighted by atomic mass is 10.1. The molecule has 1 fully saturated rings. The van der Waals surface area contributed by atoms with E-state index in [0.717, 1.165) is 22.2 Å². The van der Waals surface area contributed by atoms with E-state index in [9.17, 15) is 13.7 Å². The van der Waals surface area contributed by atoms with Gasteiger partial charge in [0.05, 0.1) is 22.0 Å². The minimum absolute atomic E-state index is 0.380. The number of aryl methyl sites for hydroxylation is 1. The van der Waals surface area contributed by atoms with E-state index in [1.54, 1.807) is 6.20 Å². The third-order valence-corrected chi connectivity index (χ3v) is 6.13. The van der Waals surface area contributed by atoms with Crippen molar-refractivity contribution in [3.8, 4) is 6.07 Å². The molecule has 0 spiro atoms. The Morgan fingerprint density at radius 3 is 2.91 bits per heavy atom. The Morgan fingerprint density at radius 1 is 1.43 bits per heavy atom. The molecule has 1 aromatic carbocycles. The number of pyridine rings is 1. The van der Waals surface area contributed by atoms with E-state index in [0.29, 0.717) is 25.1 Å². The first-order valence-electron chi connectivity index (χ1n) is 7.43. The fourth-order valence-electron chi connectivity index (χ4n) is 3.07. The van der Waals surface area contributed by atoms with Gasteiger partial charge in [0.25, 0.3) is 0 Å². The molecule has 1 aliphatic heterocycles. The fraction of sp³-hybridized carbons (Fsp3) is 0.375. The molecule has 0 bridgehead atoms. The Kier molecular flexibility index (Phi) is 3.96. The molecule has 1 aliphatic rings. The molecule has 7 heteroatoms. The third kappa shape index (κ3) is 2.76. The van der Waals surface area contributed by atoms with Crippen LogP contribution >= 0.6 is 0 Å². The first kappa shape index (κ1) is 15.7. The number of rotatable bonds is 3. The summed E-state index contributed by atoms with van der Waals surface area (Å²) in [5, 5.41) is 9.86. The minimum Gasteiger partial charge on any atom is -0.368 e. The van der Waals surface area contributed by atoms with E-state index in [1.165, 1.54) is 7.05 Å². The number of fused-ring (bicyclic) bond motifs is 1. The number of sulfonamides is 1. The van der Waals surface area contributed by atoms with Crippen molar-refractivity contribution >= 4 is 26.6 Å². The third-order valence-electron chi connectivity index (χ3n) is 4.30. The SMILES string of the molecule is CNS(=O)(=O)C1CCN(c2c(C#N)cnc3ccc(C)cc23)C1. The number of nitrogens with zero attached hydrogens (tertiary/aromatic N) is 3. The number of hydrogen-bond acceptors (Lipinski definition) is 5. The predicted octanol–water partition coefficient (Wildman–Crippen LogP) is 1.54. The van der Waals surface area contributed by atoms with Gasteiger partial charge < -0.3 is 4.90 Å². The van der Waals surface area contributed by atoms with Crippen LogP contribution in [0.4, 0.5) is 5.69 Å². The molecule has 2 aromatic rings. The number of hydrogen-bond donors (Lipinski definition) is 1. The maximum absolute atomic E-state index is 12.0. The van der Waals surface area contributed by atoms with Crippen molar-refractivity contribution in [3.63, 3.8) is 0 Å². The average molecular weight is 330 g/mol. The molecule has 1 aromatic heterocycles. The van der Waals surface area contributed by atoms with E-state index in [1.807, 2.05) is 30.0 Å². The second-order valence-corrected chi connectivity index (χ2v) is 7.92. The zero-order valence-electron chi connectivity index (χ0n) is 13.1. The molecule has 1 saturated heterocycles. The summed E-state index contributed by atoms with van der Waals surface area (Å²) in [5.74, 6) is 0. The molecule has 23 heavy (non-hydrogen) atoms. The molecular formula is C16H18N4O2S. The molecule has 1 atom stereocenters. The van der Waals surface area contributed by atoms with E-state index in [2.05, 4.69) is 15.8 Å². The topological polar surface area (TPSA) is 86.1 Å². The second kappa shape index (κ2) is 5.80. The van der Waals surface area contributed by atoms with Crippen molar-refractivity contribution in [1.29, 1.82) is 5.26 Å². The summed E-state index contributed by atoms with van der Waals surface area (Å²) in [7, 11) is -1.88. The molecule has 0 saturated carbocycles. The molecule has 120 valence electrons. The van der Waals surface area contributed by atoms with Gasteiger partial charge in [0.2, 0.25) is 10.0 Å². The van der Waals surface area contributed by atoms with Crippen molar-refractivity contribution in [3.05, 3.63) is 35.5 Å². The lowest BCUT2D eigenvalue weighted by Gasteiger charge is -2.22. The van der Waals surface area contributed by atoms with Gasteiger partial charge >= 0.3 is 0 Å². The van der Waals surface area contributed by atoms with Gasteiger partial charge in [0.15, 0.2) is 0 Å². The highest BCUT2D eigenvalue weighted by molar-refractivity contribution is 7.90. The van der Waals surface area contributed by atoms with Gasteiger partial charge in [-0.2, -0.15) is 5.26 Å². The lowest BCUT2D eigenvalue weighted by molar-refractivity contribution is 0.575. The average Bonchev–Trinajstić information content (AvgIpc) is 3.04. The Balaban J connectivity index is 2.10. The van der Waals surface area contributed by atoms with Crippen LogP contribution in [0.15, 0.2) is 24.4 Å². The van der Waals surface area contributed by atoms with E-state index in [4.69, 9.17) is 0 Å². The van der Waals surface area contributed by atoms with Crippen molar-refractivity contribution in [2.45, 2.75) is 18.6 Å². The predicted molar refractivity (Wildman–Crippen MR) is 89.8 cm³/mol. The van der Waals surface area contributed by atoms with Gasteiger partial charge in [-0.15, -0.1) is 0 Å². The first-order chi connectivity index (χ1) is 11.0. The van der Waals surface area contributed by atoms with Gasteiger partial charge in [0, 0.05) is 24.7 Å². The van der Waals surface area contributed by atoms with Gasteiger partial charge in [0.1, 0.15) is 6.07 Å². The smallest absolute Gasteiger partial charge is 0.216 e. The maximum Gasteiger partial charge on any atom is 0.216 e. The van der Waals surface area contributed by atoms with Crippen LogP contribution in [0.5, 0.6) is 0 Å². The van der Waals surface area contributed by atoms with Gasteiger partial charge in [-0.25, -0.2) is 13.1 Å². The largest absolute Gasteiger partial charge is 0.368 e. The highest BCUT2D eigenvalue weighted by Gasteiger charge is 2.33. The first-order valence-corrected chi connectivity index (χ1v) is 8.97. The molecule has 3 rings (SSSR count). The number of aromatic nitrogens is 1. The summed E-state index contributed by atoms with van der Waals surface area (Å²) in [4.78, 5) is 6.32. The Bertz CT molecular complexity index is 902. The van der Waals surface area contributed by atoms with Crippen LogP contribution in [0.3, 0.4) is 0 Å². The Morgan fingerprint density at radius 2 is 2.22 bits per heavy atom. The number of benzene rings is 1. The summed E-state index contributed by atoms with van der Waals surface area (Å²) < 4.78 is 26.5. The summed E-state index contributed by atoms with van der Waals surface area (Å²) in [5.41, 5.74) is 3.15. The minimum atomic E-state index is -3.31. The van der Waals surface area contributed by atoms with Crippen LogP contribution in [0.2, 0.25) is 0 Å². The van der Waals surface area contributed by atoms with E-state index < -0.39 is 15.3 Å². The molecule has 0 radical (unpaired) electrons. The van der Waals surface area contributed by atoms with Crippen LogP contribution in [-0.2, 0) is 10.0 Å². The monoisotopic (exact) mass is 330 g/mol. The van der Waals surface area contributed by atoms with Gasteiger partial charge in [-0.05, 0) is 32.5 Å². The zero-order chi connectivity index (χ0) is 16.6. The Hall–Kier alpha value is -2.17. The molecule has 0 aliphatic carbocycles. The van der Waals surface area contributed by atoms with E-state index in [-0.39, 0.29) is 0 Å². The van der Waals surface area contributed by atoms with Crippen LogP contribution in [0, 0.1) is 18.3 Å². The van der Waals surface area contributed by atoms with Crippen LogP contribution in [-0.4, -0.2) is 38.8 Å². The molecule has 1 unspecified atom stereocenters. The van der Waals surface area contributed by atoms with Gasteiger partial charge in [-0.3, -0.25) is 4.98 Å². The standard InChI is InChI=1S/C16H18N4O2S/c1-11-3-4-15-14(7-11)16(12(8-17)9-19-15)20-6-5-13(10-20)23(21,22)18-2/h3-4,7,9,13,18H,5-6,10H2,1-2H3. The van der Waals surface area contributed by atoms with E-state index >= 15 is 0 Å². The molecule has 0 amide bonds. The molecule has 6 nitrogen and oxygen atoms in total. The lowest BCUT2D eigenvalue weighted by Crippen LogP contribution is -2.34. The molecule has 1 N–H and O–H groups in total. The molecular weight excluding hydrogens is 312 g/mol. The molecule has 2 heterocycles. The van der Waals surface area contributed by atoms with Crippen molar-refractivity contribution in [1.82, 2.24) is 9.71 Å². The van der Waals surface area contributed by atoms with Crippen LogP contribution in [0.25, 0.3) is 10.9 Å². The fourth-order valence-corrected chi connectivity index (χ4v) is 4.19. The van der Waals surface area contributed by atoms with Crippen molar-refractivity contribution < 1.29 is 8.42 Å². The van der Waals surface area contributed by atoms with Crippen LogP contribution < -0.4 is 9.62 Å². The maximum atomic E-state index is 12.0. The number of anilines is 1. The number of nitriles is 1. The van der Waals surface area contributed by atoms with Crippen LogP contribution in [0.1, 0.15) is 17.5 Å². The highest BCUT2D eigenvalue weighted by atomic mass is 32.2. The summed E-state index contributed by atoms with van der Waals surface area (Å²) in [6, 6.07) is 8.08. The Labute approximate surface area is 135 Å². The summed E-state index contributed by atoms with van der Waals surface area (Å²) in [6.45, 7) is 2.97. The zero-order valence-corrected chi connectivity index (χ0v) is 13.9. The second-order valence-electron chi connectivity index (χ2n) is 5.76. The summed E-state index contributed by atoms with van der Waals surface area (Å²) in [6.07, 6.45) is 2.11. The normalized spacial score (nSPS) is 18.3. The number of nitrogens with one attached hydrogen (secondary N) is 1. The highest BCUT2D eigenvalue weighted by Crippen LogP contribution is 2.33.